The van der Waals surface area contributed by atoms with Crippen molar-refractivity contribution in [2.45, 2.75) is 13.6 Å². The largest absolute Gasteiger partial charge is 0.478 e. The lowest BCUT2D eigenvalue weighted by atomic mass is 10.2. The van der Waals surface area contributed by atoms with Gasteiger partial charge in [0.1, 0.15) is 0 Å². The molecule has 2 aromatic rings. The molecule has 1 aromatic carbocycles. The molecule has 0 fully saturated rings. The Morgan fingerprint density at radius 3 is 2.67 bits per heavy atom. The summed E-state index contributed by atoms with van der Waals surface area (Å²) in [7, 11) is 0. The molecule has 0 saturated carbocycles. The number of anilines is 1. The fourth-order valence-electron chi connectivity index (χ4n) is 1.19. The van der Waals surface area contributed by atoms with Crippen molar-refractivity contribution in [3.63, 3.8) is 0 Å². The van der Waals surface area contributed by atoms with E-state index < -0.39 is 5.97 Å². The fraction of sp³-hybridized carbons (Fsp3) is 0.100. The van der Waals surface area contributed by atoms with Gasteiger partial charge in [-0.1, -0.05) is 34.9 Å². The maximum absolute atomic E-state index is 10.8. The second-order valence-corrected chi connectivity index (χ2v) is 6.52. The summed E-state index contributed by atoms with van der Waals surface area (Å²) >= 11 is 4.40. The molecule has 0 atom stereocenters. The molecule has 3 N–H and O–H groups in total. The average molecular weight is 299 g/mol. The Hall–Kier alpha value is -1.25. The molecule has 0 saturated heterocycles. The first kappa shape index (κ1) is 13.2. The lowest BCUT2D eigenvalue weighted by Crippen LogP contribution is -1.98. The molecular weight excluding hydrogens is 290 g/mol. The highest BCUT2D eigenvalue weighted by Crippen LogP contribution is 2.35. The maximum atomic E-state index is 10.8. The van der Waals surface area contributed by atoms with E-state index in [9.17, 15) is 4.79 Å². The smallest absolute Gasteiger partial charge is 0.335 e. The summed E-state index contributed by atoms with van der Waals surface area (Å²) in [5, 5.41) is 16.8. The molecule has 0 radical (unpaired) electrons. The fourth-order valence-corrected chi connectivity index (χ4v) is 3.61. The topological polar surface area (TPSA) is 89.1 Å². The van der Waals surface area contributed by atoms with Gasteiger partial charge < -0.3 is 10.8 Å². The molecule has 0 aliphatic rings. The minimum absolute atomic E-state index is 0.180. The van der Waals surface area contributed by atoms with E-state index in [0.717, 1.165) is 13.6 Å². The van der Waals surface area contributed by atoms with Gasteiger partial charge in [-0.2, -0.15) is 0 Å². The number of nitrogens with zero attached hydrogens (tertiary/aromatic N) is 2. The molecule has 0 amide bonds. The third kappa shape index (κ3) is 2.95. The molecule has 0 aliphatic carbocycles. The summed E-state index contributed by atoms with van der Waals surface area (Å²) in [5.74, 6) is -0.987. The van der Waals surface area contributed by atoms with Crippen LogP contribution < -0.4 is 5.73 Å². The zero-order valence-corrected chi connectivity index (χ0v) is 11.7. The molecule has 5 nitrogen and oxygen atoms in total. The first-order chi connectivity index (χ1) is 8.60. The molecule has 18 heavy (non-hydrogen) atoms. The Morgan fingerprint density at radius 1 is 1.39 bits per heavy atom. The number of nitrogens with two attached hydrogens (primary N) is 1. The zero-order valence-electron chi connectivity index (χ0n) is 9.28. The molecule has 0 spiro atoms. The molecule has 1 aromatic heterocycles. The number of rotatable bonds is 4. The highest BCUT2D eigenvalue weighted by Gasteiger charge is 2.10. The van der Waals surface area contributed by atoms with Crippen molar-refractivity contribution in [1.82, 2.24) is 10.2 Å². The van der Waals surface area contributed by atoms with Gasteiger partial charge in [-0.05, 0) is 24.5 Å². The van der Waals surface area contributed by atoms with Crippen LogP contribution in [-0.4, -0.2) is 27.5 Å². The number of benzene rings is 1. The van der Waals surface area contributed by atoms with Crippen LogP contribution in [0.2, 0.25) is 0 Å². The highest BCUT2D eigenvalue weighted by atomic mass is 32.2. The van der Waals surface area contributed by atoms with Crippen LogP contribution >= 0.6 is 34.9 Å². The van der Waals surface area contributed by atoms with Crippen LogP contribution in [0.3, 0.4) is 0 Å². The van der Waals surface area contributed by atoms with Crippen molar-refractivity contribution in [3.05, 3.63) is 23.8 Å². The number of carboxylic acid groups (broad SMARTS) is 1. The number of nitrogen functional groups attached to an aromatic ring is 1. The van der Waals surface area contributed by atoms with E-state index in [1.807, 2.05) is 6.26 Å². The van der Waals surface area contributed by atoms with Crippen molar-refractivity contribution in [2.75, 3.05) is 12.0 Å². The standard InChI is InChI=1S/C10H9N3O2S3/c1-16-9-12-13-10(18-9)17-7-3-2-5(8(14)15)4-6(7)11/h2-4H,11H2,1H3,(H,14,15). The molecule has 94 valence electrons. The Morgan fingerprint density at radius 2 is 2.11 bits per heavy atom. The number of carboxylic acids is 1. The van der Waals surface area contributed by atoms with Gasteiger partial charge in [0, 0.05) is 10.6 Å². The van der Waals surface area contributed by atoms with Gasteiger partial charge in [-0.25, -0.2) is 4.79 Å². The van der Waals surface area contributed by atoms with Gasteiger partial charge in [0.2, 0.25) is 0 Å². The van der Waals surface area contributed by atoms with Gasteiger partial charge in [0.05, 0.1) is 5.56 Å². The van der Waals surface area contributed by atoms with Crippen LogP contribution in [-0.2, 0) is 0 Å². The van der Waals surface area contributed by atoms with Crippen molar-refractivity contribution >= 4 is 46.5 Å². The van der Waals surface area contributed by atoms with Crippen molar-refractivity contribution in [3.8, 4) is 0 Å². The Bertz CT molecular complexity index is 585. The summed E-state index contributed by atoms with van der Waals surface area (Å²) < 4.78 is 1.67. The Labute approximate surface area is 116 Å². The quantitative estimate of drug-likeness (QED) is 0.662. The van der Waals surface area contributed by atoms with Crippen LogP contribution in [0.25, 0.3) is 0 Å². The monoisotopic (exact) mass is 299 g/mol. The third-order valence-electron chi connectivity index (χ3n) is 2.02. The summed E-state index contributed by atoms with van der Waals surface area (Å²) in [5.41, 5.74) is 6.42. The normalized spacial score (nSPS) is 10.5. The van der Waals surface area contributed by atoms with E-state index in [1.54, 1.807) is 6.07 Å². The second kappa shape index (κ2) is 5.59. The van der Waals surface area contributed by atoms with Crippen LogP contribution in [0.15, 0.2) is 31.8 Å². The van der Waals surface area contributed by atoms with Gasteiger partial charge in [-0.3, -0.25) is 0 Å². The number of aromatic carboxylic acids is 1. The molecule has 0 bridgehead atoms. The van der Waals surface area contributed by atoms with Gasteiger partial charge >= 0.3 is 5.97 Å². The van der Waals surface area contributed by atoms with E-state index in [-0.39, 0.29) is 5.56 Å². The van der Waals surface area contributed by atoms with Gasteiger partial charge in [0.25, 0.3) is 0 Å². The van der Waals surface area contributed by atoms with Gasteiger partial charge in [0.15, 0.2) is 8.68 Å². The predicted molar refractivity (Wildman–Crippen MR) is 73.6 cm³/mol. The van der Waals surface area contributed by atoms with Gasteiger partial charge in [-0.15, -0.1) is 10.2 Å². The second-order valence-electron chi connectivity index (χ2n) is 3.20. The van der Waals surface area contributed by atoms with Crippen LogP contribution in [0.4, 0.5) is 5.69 Å². The zero-order chi connectivity index (χ0) is 13.1. The Balaban J connectivity index is 2.21. The minimum atomic E-state index is -0.987. The highest BCUT2D eigenvalue weighted by molar-refractivity contribution is 8.03. The predicted octanol–water partition coefficient (Wildman–Crippen LogP) is 2.69. The number of hydrogen-bond acceptors (Lipinski definition) is 7. The molecule has 0 unspecified atom stereocenters. The van der Waals surface area contributed by atoms with Crippen molar-refractivity contribution in [1.29, 1.82) is 0 Å². The summed E-state index contributed by atoms with van der Waals surface area (Å²) in [6, 6.07) is 4.66. The first-order valence-electron chi connectivity index (χ1n) is 4.78. The van der Waals surface area contributed by atoms with Crippen molar-refractivity contribution < 1.29 is 9.90 Å². The number of hydrogen-bond donors (Lipinski definition) is 2. The van der Waals surface area contributed by atoms with E-state index in [2.05, 4.69) is 10.2 Å². The number of thioether (sulfide) groups is 1. The van der Waals surface area contributed by atoms with Crippen LogP contribution in [0, 0.1) is 0 Å². The molecular formula is C10H9N3O2S3. The van der Waals surface area contributed by atoms with Crippen molar-refractivity contribution in [2.24, 2.45) is 0 Å². The third-order valence-corrected chi connectivity index (χ3v) is 5.06. The van der Waals surface area contributed by atoms with E-state index in [1.165, 1.54) is 47.0 Å². The number of carbonyl (C=O) groups is 1. The van der Waals surface area contributed by atoms with Crippen LogP contribution in [0.5, 0.6) is 0 Å². The van der Waals surface area contributed by atoms with E-state index in [4.69, 9.17) is 10.8 Å². The van der Waals surface area contributed by atoms with E-state index >= 15 is 0 Å². The molecule has 0 aliphatic heterocycles. The molecule has 1 heterocycles. The minimum Gasteiger partial charge on any atom is -0.478 e. The first-order valence-corrected chi connectivity index (χ1v) is 7.64. The molecule has 8 heteroatoms. The SMILES string of the molecule is CSc1nnc(Sc2ccc(C(=O)O)cc2N)s1. The summed E-state index contributed by atoms with van der Waals surface area (Å²) in [6.45, 7) is 0. The lowest BCUT2D eigenvalue weighted by molar-refractivity contribution is 0.0697. The van der Waals surface area contributed by atoms with E-state index in [0.29, 0.717) is 5.69 Å². The van der Waals surface area contributed by atoms with Crippen LogP contribution in [0.1, 0.15) is 10.4 Å². The Kier molecular flexibility index (Phi) is 4.10. The maximum Gasteiger partial charge on any atom is 0.335 e. The lowest BCUT2D eigenvalue weighted by Gasteiger charge is -2.03. The average Bonchev–Trinajstić information content (AvgIpc) is 2.79. The molecule has 2 rings (SSSR count). The summed E-state index contributed by atoms with van der Waals surface area (Å²) in [4.78, 5) is 11.6. The summed E-state index contributed by atoms with van der Waals surface area (Å²) in [6.07, 6.45) is 1.94. The number of aromatic nitrogens is 2.